The lowest BCUT2D eigenvalue weighted by Crippen LogP contribution is -2.42. The van der Waals surface area contributed by atoms with Crippen molar-refractivity contribution < 1.29 is 9.53 Å². The number of rotatable bonds is 3. The predicted octanol–water partition coefficient (Wildman–Crippen LogP) is 0.699. The monoisotopic (exact) mass is 212 g/mol. The molecule has 0 aromatic carbocycles. The molecule has 0 aliphatic carbocycles. The van der Waals surface area contributed by atoms with E-state index in [4.69, 9.17) is 0 Å². The molecule has 1 aliphatic heterocycles. The van der Waals surface area contributed by atoms with Gasteiger partial charge in [0.05, 0.1) is 7.11 Å². The average Bonchev–Trinajstić information content (AvgIpc) is 2.26. The van der Waals surface area contributed by atoms with E-state index in [1.807, 2.05) is 6.20 Å². The Kier molecular flexibility index (Phi) is 4.62. The Morgan fingerprint density at radius 2 is 2.27 bits per heavy atom. The molecule has 0 saturated carbocycles. The van der Waals surface area contributed by atoms with Crippen LogP contribution in [0.25, 0.3) is 0 Å². The van der Waals surface area contributed by atoms with Crippen LogP contribution in [0, 0.1) is 0 Å². The summed E-state index contributed by atoms with van der Waals surface area (Å²) in [6.45, 7) is 2.01. The van der Waals surface area contributed by atoms with Crippen molar-refractivity contribution in [1.82, 2.24) is 9.80 Å². The van der Waals surface area contributed by atoms with Crippen molar-refractivity contribution in [2.24, 2.45) is 0 Å². The van der Waals surface area contributed by atoms with E-state index in [9.17, 15) is 4.79 Å². The van der Waals surface area contributed by atoms with Gasteiger partial charge in [0.15, 0.2) is 0 Å². The number of methoxy groups -OCH3 is 1. The van der Waals surface area contributed by atoms with Crippen molar-refractivity contribution in [3.8, 4) is 0 Å². The highest BCUT2D eigenvalue weighted by atomic mass is 16.5. The zero-order valence-electron chi connectivity index (χ0n) is 9.77. The summed E-state index contributed by atoms with van der Waals surface area (Å²) in [5.74, 6) is -0.290. The SMILES string of the molecule is COC(=O)C=CN1CCCC(N(C)C)C1. The molecule has 0 radical (unpaired) electrons. The van der Waals surface area contributed by atoms with Crippen LogP contribution in [0.3, 0.4) is 0 Å². The summed E-state index contributed by atoms with van der Waals surface area (Å²) in [4.78, 5) is 15.3. The number of likely N-dealkylation sites (tertiary alicyclic amines) is 1. The van der Waals surface area contributed by atoms with Gasteiger partial charge in [0.25, 0.3) is 0 Å². The maximum absolute atomic E-state index is 10.9. The van der Waals surface area contributed by atoms with Crippen molar-refractivity contribution in [2.75, 3.05) is 34.3 Å². The minimum absolute atomic E-state index is 0.290. The van der Waals surface area contributed by atoms with Crippen molar-refractivity contribution in [2.45, 2.75) is 18.9 Å². The summed E-state index contributed by atoms with van der Waals surface area (Å²) in [6, 6.07) is 0.584. The van der Waals surface area contributed by atoms with Gasteiger partial charge in [-0.15, -0.1) is 0 Å². The molecular weight excluding hydrogens is 192 g/mol. The van der Waals surface area contributed by atoms with Crippen LogP contribution in [-0.4, -0.2) is 56.1 Å². The fourth-order valence-electron chi connectivity index (χ4n) is 1.77. The maximum Gasteiger partial charge on any atom is 0.331 e. The fraction of sp³-hybridized carbons (Fsp3) is 0.727. The number of nitrogens with zero attached hydrogens (tertiary/aromatic N) is 2. The van der Waals surface area contributed by atoms with Gasteiger partial charge in [-0.05, 0) is 26.9 Å². The van der Waals surface area contributed by atoms with Crippen LogP contribution in [0.15, 0.2) is 12.3 Å². The molecule has 1 aliphatic rings. The standard InChI is InChI=1S/C11H20N2O2/c1-12(2)10-5-4-7-13(9-10)8-6-11(14)15-3/h6,8,10H,4-5,7,9H2,1-3H3. The Hall–Kier alpha value is -1.03. The normalized spacial score (nSPS) is 22.4. The van der Waals surface area contributed by atoms with Crippen LogP contribution in [0.1, 0.15) is 12.8 Å². The summed E-state index contributed by atoms with van der Waals surface area (Å²) in [6.07, 6.45) is 5.73. The molecule has 1 rings (SSSR count). The molecule has 0 spiro atoms. The Labute approximate surface area is 91.5 Å². The number of hydrogen-bond donors (Lipinski definition) is 0. The van der Waals surface area contributed by atoms with Gasteiger partial charge in [-0.3, -0.25) is 0 Å². The molecule has 15 heavy (non-hydrogen) atoms. The minimum Gasteiger partial charge on any atom is -0.466 e. The van der Waals surface area contributed by atoms with Crippen LogP contribution in [-0.2, 0) is 9.53 Å². The summed E-state index contributed by atoms with van der Waals surface area (Å²) < 4.78 is 4.55. The third kappa shape index (κ3) is 3.91. The molecule has 86 valence electrons. The molecule has 0 N–H and O–H groups in total. The Morgan fingerprint density at radius 1 is 1.53 bits per heavy atom. The van der Waals surface area contributed by atoms with Crippen LogP contribution >= 0.6 is 0 Å². The largest absolute Gasteiger partial charge is 0.466 e. The first-order valence-electron chi connectivity index (χ1n) is 5.30. The molecule has 1 fully saturated rings. The first-order valence-corrected chi connectivity index (χ1v) is 5.30. The molecular formula is C11H20N2O2. The Bertz CT molecular complexity index is 239. The highest BCUT2D eigenvalue weighted by Crippen LogP contribution is 2.13. The molecule has 1 atom stereocenters. The number of carbonyl (C=O) groups excluding carboxylic acids is 1. The molecule has 4 nitrogen and oxygen atoms in total. The van der Waals surface area contributed by atoms with Crippen LogP contribution in [0.2, 0.25) is 0 Å². The third-order valence-corrected chi connectivity index (χ3v) is 2.78. The molecule has 0 aromatic rings. The molecule has 0 aromatic heterocycles. The molecule has 1 heterocycles. The van der Waals surface area contributed by atoms with Crippen molar-refractivity contribution in [3.05, 3.63) is 12.3 Å². The second kappa shape index (κ2) is 5.75. The lowest BCUT2D eigenvalue weighted by atomic mass is 10.1. The second-order valence-electron chi connectivity index (χ2n) is 4.09. The van der Waals surface area contributed by atoms with E-state index in [1.165, 1.54) is 26.0 Å². The number of esters is 1. The lowest BCUT2D eigenvalue weighted by molar-refractivity contribution is -0.134. The van der Waals surface area contributed by atoms with Crippen molar-refractivity contribution in [3.63, 3.8) is 0 Å². The maximum atomic E-state index is 10.9. The van der Waals surface area contributed by atoms with E-state index in [0.29, 0.717) is 6.04 Å². The summed E-state index contributed by atoms with van der Waals surface area (Å²) in [5.41, 5.74) is 0. The third-order valence-electron chi connectivity index (χ3n) is 2.78. The van der Waals surface area contributed by atoms with Gasteiger partial charge in [0.2, 0.25) is 0 Å². The van der Waals surface area contributed by atoms with Gasteiger partial charge >= 0.3 is 5.97 Å². The lowest BCUT2D eigenvalue weighted by Gasteiger charge is -2.35. The number of piperidine rings is 1. The van der Waals surface area contributed by atoms with E-state index in [0.717, 1.165) is 13.1 Å². The zero-order chi connectivity index (χ0) is 11.3. The van der Waals surface area contributed by atoms with Crippen molar-refractivity contribution >= 4 is 5.97 Å². The smallest absolute Gasteiger partial charge is 0.331 e. The second-order valence-corrected chi connectivity index (χ2v) is 4.09. The van der Waals surface area contributed by atoms with Gasteiger partial charge in [-0.1, -0.05) is 0 Å². The predicted molar refractivity (Wildman–Crippen MR) is 59.4 cm³/mol. The molecule has 0 amide bonds. The highest BCUT2D eigenvalue weighted by molar-refractivity contribution is 5.81. The van der Waals surface area contributed by atoms with E-state index in [2.05, 4.69) is 28.6 Å². The van der Waals surface area contributed by atoms with Gasteiger partial charge in [0.1, 0.15) is 0 Å². The van der Waals surface area contributed by atoms with Crippen LogP contribution < -0.4 is 0 Å². The minimum atomic E-state index is -0.290. The molecule has 4 heteroatoms. The topological polar surface area (TPSA) is 32.8 Å². The van der Waals surface area contributed by atoms with Gasteiger partial charge in [-0.25, -0.2) is 4.79 Å². The Balaban J connectivity index is 2.42. The molecule has 0 bridgehead atoms. The molecule has 1 saturated heterocycles. The van der Waals surface area contributed by atoms with Gasteiger partial charge < -0.3 is 14.5 Å². The number of likely N-dealkylation sites (N-methyl/N-ethyl adjacent to an activating group) is 1. The summed E-state index contributed by atoms with van der Waals surface area (Å²) in [7, 11) is 5.59. The van der Waals surface area contributed by atoms with Gasteiger partial charge in [-0.2, -0.15) is 0 Å². The summed E-state index contributed by atoms with van der Waals surface area (Å²) >= 11 is 0. The average molecular weight is 212 g/mol. The summed E-state index contributed by atoms with van der Waals surface area (Å²) in [5, 5.41) is 0. The first-order chi connectivity index (χ1) is 7.13. The van der Waals surface area contributed by atoms with E-state index >= 15 is 0 Å². The van der Waals surface area contributed by atoms with Gasteiger partial charge in [0, 0.05) is 31.4 Å². The van der Waals surface area contributed by atoms with E-state index in [1.54, 1.807) is 0 Å². The quantitative estimate of drug-likeness (QED) is 0.509. The molecule has 1 unspecified atom stereocenters. The number of carbonyl (C=O) groups is 1. The Morgan fingerprint density at radius 3 is 2.87 bits per heavy atom. The zero-order valence-corrected chi connectivity index (χ0v) is 9.77. The van der Waals surface area contributed by atoms with Crippen molar-refractivity contribution in [1.29, 1.82) is 0 Å². The van der Waals surface area contributed by atoms with Crippen LogP contribution in [0.4, 0.5) is 0 Å². The first kappa shape index (κ1) is 12.0. The number of hydrogen-bond acceptors (Lipinski definition) is 4. The van der Waals surface area contributed by atoms with E-state index in [-0.39, 0.29) is 5.97 Å². The fourth-order valence-corrected chi connectivity index (χ4v) is 1.77. The van der Waals surface area contributed by atoms with Crippen LogP contribution in [0.5, 0.6) is 0 Å². The van der Waals surface area contributed by atoms with E-state index < -0.39 is 0 Å². The number of ether oxygens (including phenoxy) is 1. The highest BCUT2D eigenvalue weighted by Gasteiger charge is 2.19.